The normalized spacial score (nSPS) is 13.1. The van der Waals surface area contributed by atoms with Crippen LogP contribution in [0.1, 0.15) is 26.3 Å². The molecule has 0 spiro atoms. The average Bonchev–Trinajstić information content (AvgIpc) is 3.15. The van der Waals surface area contributed by atoms with Gasteiger partial charge >= 0.3 is 17.7 Å². The lowest BCUT2D eigenvalue weighted by Crippen LogP contribution is -2.43. The van der Waals surface area contributed by atoms with Crippen molar-refractivity contribution in [2.24, 2.45) is 0 Å². The van der Waals surface area contributed by atoms with Crippen LogP contribution in [0, 0.1) is 20.2 Å². The summed E-state index contributed by atoms with van der Waals surface area (Å²) in [5.41, 5.74) is 0.796. The second-order valence-corrected chi connectivity index (χ2v) is 13.7. The third kappa shape index (κ3) is 7.32. The van der Waals surface area contributed by atoms with Crippen molar-refractivity contribution in [3.8, 4) is 0 Å². The lowest BCUT2D eigenvalue weighted by atomic mass is 10.2. The van der Waals surface area contributed by atoms with E-state index in [1.54, 1.807) is 6.08 Å². The first-order valence-electron chi connectivity index (χ1n) is 10.2. The van der Waals surface area contributed by atoms with Gasteiger partial charge in [0.05, 0.1) is 6.61 Å². The van der Waals surface area contributed by atoms with Gasteiger partial charge in [0, 0.05) is 6.08 Å². The highest BCUT2D eigenvalue weighted by Crippen LogP contribution is 2.36. The Bertz CT molecular complexity index is 1030. The van der Waals surface area contributed by atoms with Gasteiger partial charge in [0.25, 0.3) is 0 Å². The van der Waals surface area contributed by atoms with Crippen LogP contribution in [0.15, 0.2) is 42.6 Å². The molecule has 12 heteroatoms. The number of benzene rings is 1. The quantitative estimate of drug-likeness (QED) is 0.162. The number of nitro groups is 2. The molecule has 0 aliphatic heterocycles. The monoisotopic (exact) mass is 476 g/mol. The van der Waals surface area contributed by atoms with Crippen molar-refractivity contribution in [1.82, 2.24) is 9.55 Å². The molecule has 0 aliphatic rings. The van der Waals surface area contributed by atoms with Gasteiger partial charge in [0.2, 0.25) is 0 Å². The first kappa shape index (κ1) is 25.9. The maximum Gasteiger partial charge on any atom is 0.439 e. The number of aromatic nitrogens is 2. The van der Waals surface area contributed by atoms with Crippen molar-refractivity contribution in [3.05, 3.63) is 68.4 Å². The smallest absolute Gasteiger partial charge is 0.439 e. The molecule has 1 unspecified atom stereocenters. The highest BCUT2D eigenvalue weighted by atomic mass is 28.4. The topological polar surface area (TPSA) is 140 Å². The first-order chi connectivity index (χ1) is 15.3. The molecule has 0 radical (unpaired) electrons. The Morgan fingerprint density at radius 2 is 1.82 bits per heavy atom. The minimum Gasteiger partial charge on any atom is -0.453 e. The van der Waals surface area contributed by atoms with Gasteiger partial charge in [0.1, 0.15) is 6.54 Å². The summed E-state index contributed by atoms with van der Waals surface area (Å²) in [4.78, 5) is 36.6. The predicted octanol–water partition coefficient (Wildman–Crippen LogP) is 4.35. The maximum atomic E-state index is 12.5. The first-order valence-corrected chi connectivity index (χ1v) is 13.1. The van der Waals surface area contributed by atoms with Crippen LogP contribution in [0.2, 0.25) is 18.1 Å². The van der Waals surface area contributed by atoms with Crippen LogP contribution in [0.3, 0.4) is 0 Å². The summed E-state index contributed by atoms with van der Waals surface area (Å²) in [5.74, 6) is -2.05. The Kier molecular flexibility index (Phi) is 8.22. The summed E-state index contributed by atoms with van der Waals surface area (Å²) in [7, 11) is -2.23. The fourth-order valence-corrected chi connectivity index (χ4v) is 3.59. The Hall–Kier alpha value is -3.38. The molecule has 0 N–H and O–H groups in total. The molecular weight excluding hydrogens is 448 g/mol. The fraction of sp³-hybridized carbons (Fsp3) is 0.429. The maximum absolute atomic E-state index is 12.5. The van der Waals surface area contributed by atoms with Crippen molar-refractivity contribution in [1.29, 1.82) is 0 Å². The number of nitrogens with zero attached hydrogens (tertiary/aromatic N) is 4. The molecule has 0 bridgehead atoms. The van der Waals surface area contributed by atoms with Crippen molar-refractivity contribution in [2.45, 2.75) is 51.6 Å². The molecule has 1 aromatic carbocycles. The molecule has 0 saturated carbocycles. The summed E-state index contributed by atoms with van der Waals surface area (Å²) in [6, 6.07) is 9.13. The molecule has 0 fully saturated rings. The van der Waals surface area contributed by atoms with E-state index in [2.05, 4.69) is 4.98 Å². The Labute approximate surface area is 192 Å². The van der Waals surface area contributed by atoms with E-state index in [4.69, 9.17) is 9.16 Å². The van der Waals surface area contributed by atoms with Crippen molar-refractivity contribution in [2.75, 3.05) is 6.61 Å². The van der Waals surface area contributed by atoms with Crippen molar-refractivity contribution in [3.63, 3.8) is 0 Å². The van der Waals surface area contributed by atoms with E-state index in [1.165, 1.54) is 6.08 Å². The molecule has 0 aliphatic carbocycles. The minimum absolute atomic E-state index is 0.0233. The van der Waals surface area contributed by atoms with Crippen LogP contribution in [-0.4, -0.2) is 46.4 Å². The number of ether oxygens (including phenoxy) is 1. The van der Waals surface area contributed by atoms with Crippen LogP contribution in [-0.2, 0) is 20.5 Å². The summed E-state index contributed by atoms with van der Waals surface area (Å²) in [5, 5.41) is 22.2. The predicted molar refractivity (Wildman–Crippen MR) is 124 cm³/mol. The van der Waals surface area contributed by atoms with Crippen LogP contribution in [0.25, 0.3) is 6.08 Å². The van der Waals surface area contributed by atoms with Gasteiger partial charge in [0.15, 0.2) is 20.6 Å². The minimum atomic E-state index is -2.23. The van der Waals surface area contributed by atoms with Gasteiger partial charge in [-0.3, -0.25) is 0 Å². The Balaban J connectivity index is 2.25. The molecule has 1 aromatic heterocycles. The number of hydrogen-bond acceptors (Lipinski definition) is 8. The number of esters is 1. The van der Waals surface area contributed by atoms with Gasteiger partial charge in [-0.15, -0.1) is 0 Å². The van der Waals surface area contributed by atoms with Crippen LogP contribution < -0.4 is 0 Å². The molecular formula is C21H28N4O7Si. The number of carbonyl (C=O) groups excluding carboxylic acids is 1. The second-order valence-electron chi connectivity index (χ2n) is 8.94. The van der Waals surface area contributed by atoms with Crippen LogP contribution in [0.4, 0.5) is 11.8 Å². The van der Waals surface area contributed by atoms with Crippen molar-refractivity contribution < 1.29 is 23.8 Å². The van der Waals surface area contributed by atoms with E-state index in [9.17, 15) is 25.0 Å². The van der Waals surface area contributed by atoms with Gasteiger partial charge in [-0.2, -0.15) is 0 Å². The Morgan fingerprint density at radius 1 is 1.18 bits per heavy atom. The van der Waals surface area contributed by atoms with Crippen LogP contribution >= 0.6 is 0 Å². The number of rotatable bonds is 10. The van der Waals surface area contributed by atoms with Gasteiger partial charge in [-0.05, 0) is 44.6 Å². The van der Waals surface area contributed by atoms with E-state index in [1.807, 2.05) is 64.2 Å². The zero-order chi connectivity index (χ0) is 24.8. The van der Waals surface area contributed by atoms with E-state index in [0.717, 1.165) is 16.3 Å². The van der Waals surface area contributed by atoms with Gasteiger partial charge < -0.3 is 29.4 Å². The molecule has 2 rings (SSSR count). The lowest BCUT2D eigenvalue weighted by molar-refractivity contribution is -0.403. The van der Waals surface area contributed by atoms with E-state index < -0.39 is 42.0 Å². The molecule has 0 saturated heterocycles. The highest BCUT2D eigenvalue weighted by molar-refractivity contribution is 6.74. The van der Waals surface area contributed by atoms with Gasteiger partial charge in [-0.25, -0.2) is 9.36 Å². The molecule has 33 heavy (non-hydrogen) atoms. The number of carbonyl (C=O) groups is 1. The highest BCUT2D eigenvalue weighted by Gasteiger charge is 2.38. The molecule has 11 nitrogen and oxygen atoms in total. The number of hydrogen-bond donors (Lipinski definition) is 0. The fourth-order valence-electron chi connectivity index (χ4n) is 2.55. The molecule has 1 atom stereocenters. The largest absolute Gasteiger partial charge is 0.453 e. The number of imidazole rings is 1. The van der Waals surface area contributed by atoms with Crippen LogP contribution in [0.5, 0.6) is 0 Å². The summed E-state index contributed by atoms with van der Waals surface area (Å²) >= 11 is 0. The zero-order valence-electron chi connectivity index (χ0n) is 19.3. The van der Waals surface area contributed by atoms with E-state index in [-0.39, 0.29) is 18.2 Å². The molecule has 0 amide bonds. The molecule has 2 aromatic rings. The summed E-state index contributed by atoms with van der Waals surface area (Å²) < 4.78 is 12.7. The summed E-state index contributed by atoms with van der Waals surface area (Å²) in [6.07, 6.45) is 2.85. The van der Waals surface area contributed by atoms with Gasteiger partial charge in [-0.1, -0.05) is 51.1 Å². The van der Waals surface area contributed by atoms with E-state index in [0.29, 0.717) is 0 Å². The third-order valence-corrected chi connectivity index (χ3v) is 9.92. The zero-order valence-corrected chi connectivity index (χ0v) is 20.3. The standard InChI is InChI=1S/C21H28N4O7Si/c1-21(2,3)33(4,5)31-15-17(32-19(26)12-11-16-9-7-6-8-10-16)13-23-14-18(24(27)28)22-20(23)25(29)30/h6-12,14,17H,13,15H2,1-5H3/b12-11+. The SMILES string of the molecule is CC(C)(C)[Si](C)(C)OCC(Cn1cc([N+](=O)[O-])nc1[N+](=O)[O-])OC(=O)/C=C/c1ccccc1. The second kappa shape index (κ2) is 10.5. The third-order valence-electron chi connectivity index (χ3n) is 5.42. The molecule has 178 valence electrons. The molecule has 1 heterocycles. The van der Waals surface area contributed by atoms with E-state index >= 15 is 0 Å². The average molecular weight is 477 g/mol. The lowest BCUT2D eigenvalue weighted by Gasteiger charge is -2.37. The Morgan fingerprint density at radius 3 is 2.36 bits per heavy atom. The summed E-state index contributed by atoms with van der Waals surface area (Å²) in [6.45, 7) is 9.94. The van der Waals surface area contributed by atoms with Crippen molar-refractivity contribution >= 4 is 32.1 Å².